The molecule has 106 valence electrons. The number of para-hydroxylation sites is 1. The Kier molecular flexibility index (Phi) is 3.52. The third-order valence-electron chi connectivity index (χ3n) is 3.62. The van der Waals surface area contributed by atoms with E-state index in [9.17, 15) is 0 Å². The summed E-state index contributed by atoms with van der Waals surface area (Å²) in [6, 6.07) is 10.0. The Labute approximate surface area is 124 Å². The monoisotopic (exact) mass is 278 g/mol. The smallest absolute Gasteiger partial charge is 0.162 e. The normalized spacial score (nSPS) is 10.8. The molecular formula is C17H18N4. The van der Waals surface area contributed by atoms with Gasteiger partial charge in [-0.2, -0.15) is 0 Å². The first-order valence-corrected chi connectivity index (χ1v) is 7.14. The molecule has 3 rings (SSSR count). The maximum Gasteiger partial charge on any atom is 0.162 e. The van der Waals surface area contributed by atoms with Crippen LogP contribution in [0.4, 0.5) is 5.82 Å². The Morgan fingerprint density at radius 3 is 2.67 bits per heavy atom. The van der Waals surface area contributed by atoms with Gasteiger partial charge in [-0.3, -0.25) is 4.98 Å². The van der Waals surface area contributed by atoms with E-state index in [0.29, 0.717) is 0 Å². The molecule has 1 N–H and O–H groups in total. The van der Waals surface area contributed by atoms with Crippen LogP contribution in [0.3, 0.4) is 0 Å². The minimum absolute atomic E-state index is 0.743. The van der Waals surface area contributed by atoms with E-state index in [4.69, 9.17) is 4.98 Å². The van der Waals surface area contributed by atoms with E-state index in [-0.39, 0.29) is 0 Å². The fourth-order valence-corrected chi connectivity index (χ4v) is 2.38. The highest BCUT2D eigenvalue weighted by Gasteiger charge is 2.11. The van der Waals surface area contributed by atoms with Gasteiger partial charge in [-0.05, 0) is 32.9 Å². The third kappa shape index (κ3) is 2.44. The van der Waals surface area contributed by atoms with Gasteiger partial charge in [0.2, 0.25) is 0 Å². The van der Waals surface area contributed by atoms with Crippen molar-refractivity contribution in [1.29, 1.82) is 0 Å². The van der Waals surface area contributed by atoms with E-state index in [1.54, 1.807) is 0 Å². The van der Waals surface area contributed by atoms with Crippen LogP contribution in [-0.2, 0) is 0 Å². The molecule has 0 saturated heterocycles. The quantitative estimate of drug-likeness (QED) is 0.793. The SMILES string of the molecule is CCNc1nc(-c2ccnc3ccccc23)nc(C)c1C. The van der Waals surface area contributed by atoms with Crippen LogP contribution < -0.4 is 5.32 Å². The summed E-state index contributed by atoms with van der Waals surface area (Å²) in [5, 5.41) is 4.38. The molecule has 0 saturated carbocycles. The molecule has 0 fully saturated rings. The van der Waals surface area contributed by atoms with Gasteiger partial charge in [0.25, 0.3) is 0 Å². The van der Waals surface area contributed by atoms with Gasteiger partial charge in [-0.25, -0.2) is 9.97 Å². The molecule has 4 nitrogen and oxygen atoms in total. The number of nitrogens with one attached hydrogen (secondary N) is 1. The Hall–Kier alpha value is -2.49. The lowest BCUT2D eigenvalue weighted by Gasteiger charge is -2.12. The second kappa shape index (κ2) is 5.48. The molecule has 1 aromatic carbocycles. The number of benzene rings is 1. The molecule has 0 aliphatic carbocycles. The van der Waals surface area contributed by atoms with Gasteiger partial charge in [-0.1, -0.05) is 18.2 Å². The predicted octanol–water partition coefficient (Wildman–Crippen LogP) is 3.74. The van der Waals surface area contributed by atoms with Crippen molar-refractivity contribution in [2.24, 2.45) is 0 Å². The summed E-state index contributed by atoms with van der Waals surface area (Å²) in [5.41, 5.74) is 4.07. The highest BCUT2D eigenvalue weighted by Crippen LogP contribution is 2.27. The number of aryl methyl sites for hydroxylation is 1. The number of fused-ring (bicyclic) bond motifs is 1. The Morgan fingerprint density at radius 2 is 1.86 bits per heavy atom. The average Bonchev–Trinajstić information content (AvgIpc) is 2.51. The molecule has 0 bridgehead atoms. The van der Waals surface area contributed by atoms with Crippen molar-refractivity contribution in [3.8, 4) is 11.4 Å². The molecule has 0 aliphatic heterocycles. The van der Waals surface area contributed by atoms with E-state index in [1.165, 1.54) is 0 Å². The number of hydrogen-bond acceptors (Lipinski definition) is 4. The molecule has 3 aromatic rings. The van der Waals surface area contributed by atoms with Crippen molar-refractivity contribution in [3.05, 3.63) is 47.8 Å². The first-order valence-electron chi connectivity index (χ1n) is 7.14. The molecule has 0 unspecified atom stereocenters. The van der Waals surface area contributed by atoms with Crippen LogP contribution in [0.5, 0.6) is 0 Å². The van der Waals surface area contributed by atoms with Crippen molar-refractivity contribution in [2.75, 3.05) is 11.9 Å². The zero-order valence-corrected chi connectivity index (χ0v) is 12.5. The molecule has 2 heterocycles. The maximum absolute atomic E-state index is 4.69. The van der Waals surface area contributed by atoms with Gasteiger partial charge in [-0.15, -0.1) is 0 Å². The number of anilines is 1. The lowest BCUT2D eigenvalue weighted by Crippen LogP contribution is -2.06. The van der Waals surface area contributed by atoms with E-state index in [0.717, 1.165) is 45.9 Å². The largest absolute Gasteiger partial charge is 0.370 e. The zero-order chi connectivity index (χ0) is 14.8. The predicted molar refractivity (Wildman–Crippen MR) is 86.4 cm³/mol. The molecule has 0 amide bonds. The van der Waals surface area contributed by atoms with E-state index in [2.05, 4.69) is 28.3 Å². The van der Waals surface area contributed by atoms with Crippen LogP contribution >= 0.6 is 0 Å². The second-order valence-corrected chi connectivity index (χ2v) is 5.01. The van der Waals surface area contributed by atoms with Crippen LogP contribution in [0.25, 0.3) is 22.3 Å². The second-order valence-electron chi connectivity index (χ2n) is 5.01. The van der Waals surface area contributed by atoms with Crippen molar-refractivity contribution < 1.29 is 0 Å². The summed E-state index contributed by atoms with van der Waals surface area (Å²) >= 11 is 0. The molecule has 0 atom stereocenters. The fraction of sp³-hybridized carbons (Fsp3) is 0.235. The summed E-state index contributed by atoms with van der Waals surface area (Å²) in [6.07, 6.45) is 1.81. The fourth-order valence-electron chi connectivity index (χ4n) is 2.38. The number of rotatable bonds is 3. The van der Waals surface area contributed by atoms with Crippen molar-refractivity contribution in [3.63, 3.8) is 0 Å². The van der Waals surface area contributed by atoms with E-state index in [1.807, 2.05) is 44.3 Å². The minimum Gasteiger partial charge on any atom is -0.370 e. The van der Waals surface area contributed by atoms with Gasteiger partial charge >= 0.3 is 0 Å². The lowest BCUT2D eigenvalue weighted by molar-refractivity contribution is 1.05. The number of aromatic nitrogens is 3. The van der Waals surface area contributed by atoms with E-state index >= 15 is 0 Å². The molecule has 0 radical (unpaired) electrons. The zero-order valence-electron chi connectivity index (χ0n) is 12.5. The topological polar surface area (TPSA) is 50.7 Å². The molecule has 0 aliphatic rings. The van der Waals surface area contributed by atoms with Gasteiger partial charge in [0.05, 0.1) is 5.52 Å². The van der Waals surface area contributed by atoms with Gasteiger partial charge in [0.1, 0.15) is 5.82 Å². The molecule has 0 spiro atoms. The van der Waals surface area contributed by atoms with Crippen molar-refractivity contribution >= 4 is 16.7 Å². The summed E-state index contributed by atoms with van der Waals surface area (Å²) < 4.78 is 0. The van der Waals surface area contributed by atoms with Crippen LogP contribution in [0.1, 0.15) is 18.2 Å². The maximum atomic E-state index is 4.69. The number of nitrogens with zero attached hydrogens (tertiary/aromatic N) is 3. The minimum atomic E-state index is 0.743. The third-order valence-corrected chi connectivity index (χ3v) is 3.62. The van der Waals surface area contributed by atoms with Crippen LogP contribution in [0.2, 0.25) is 0 Å². The van der Waals surface area contributed by atoms with Crippen LogP contribution in [0, 0.1) is 13.8 Å². The number of pyridine rings is 1. The molecular weight excluding hydrogens is 260 g/mol. The van der Waals surface area contributed by atoms with E-state index < -0.39 is 0 Å². The standard InChI is InChI=1S/C17H18N4/c1-4-18-16-11(2)12(3)20-17(21-16)14-9-10-19-15-8-6-5-7-13(14)15/h5-10H,4H2,1-3H3,(H,18,20,21). The summed E-state index contributed by atoms with van der Waals surface area (Å²) in [7, 11) is 0. The van der Waals surface area contributed by atoms with Gasteiger partial charge in [0, 0.05) is 34.9 Å². The first-order chi connectivity index (χ1) is 10.2. The van der Waals surface area contributed by atoms with Gasteiger partial charge in [0.15, 0.2) is 5.82 Å². The molecule has 21 heavy (non-hydrogen) atoms. The van der Waals surface area contributed by atoms with Crippen molar-refractivity contribution in [1.82, 2.24) is 15.0 Å². The lowest BCUT2D eigenvalue weighted by atomic mass is 10.1. The summed E-state index contributed by atoms with van der Waals surface area (Å²) in [5.74, 6) is 1.65. The highest BCUT2D eigenvalue weighted by atomic mass is 15.0. The van der Waals surface area contributed by atoms with Crippen LogP contribution in [0.15, 0.2) is 36.5 Å². The Balaban J connectivity index is 2.23. The molecule has 4 heteroatoms. The first kappa shape index (κ1) is 13.5. The van der Waals surface area contributed by atoms with Crippen molar-refractivity contribution in [2.45, 2.75) is 20.8 Å². The number of hydrogen-bond donors (Lipinski definition) is 1. The average molecular weight is 278 g/mol. The summed E-state index contributed by atoms with van der Waals surface area (Å²) in [6.45, 7) is 6.97. The van der Waals surface area contributed by atoms with Crippen LogP contribution in [-0.4, -0.2) is 21.5 Å². The summed E-state index contributed by atoms with van der Waals surface area (Å²) in [4.78, 5) is 13.7. The van der Waals surface area contributed by atoms with Gasteiger partial charge < -0.3 is 5.32 Å². The molecule has 2 aromatic heterocycles. The Bertz CT molecular complexity index is 791. The Morgan fingerprint density at radius 1 is 1.05 bits per heavy atom. The highest BCUT2D eigenvalue weighted by molar-refractivity contribution is 5.92.